The van der Waals surface area contributed by atoms with Crippen molar-refractivity contribution in [2.75, 3.05) is 0 Å². The van der Waals surface area contributed by atoms with Gasteiger partial charge in [-0.25, -0.2) is 4.98 Å². The van der Waals surface area contributed by atoms with Crippen molar-refractivity contribution < 1.29 is 0 Å². The molecule has 2 aromatic heterocycles. The summed E-state index contributed by atoms with van der Waals surface area (Å²) in [5, 5.41) is 1.11. The van der Waals surface area contributed by atoms with Crippen LogP contribution in [0.2, 0.25) is 0 Å². The first kappa shape index (κ1) is 11.0. The predicted octanol–water partition coefficient (Wildman–Crippen LogP) is 3.66. The third-order valence-electron chi connectivity index (χ3n) is 2.78. The van der Waals surface area contributed by atoms with E-state index in [9.17, 15) is 0 Å². The third-order valence-corrected chi connectivity index (χ3v) is 2.99. The Morgan fingerprint density at radius 3 is 2.83 bits per heavy atom. The Balaban J connectivity index is 2.34. The summed E-state index contributed by atoms with van der Waals surface area (Å²) in [5.74, 6) is 0.811. The van der Waals surface area contributed by atoms with E-state index in [0.29, 0.717) is 4.64 Å². The molecule has 4 heteroatoms. The maximum Gasteiger partial charge on any atom is 0.130 e. The van der Waals surface area contributed by atoms with E-state index in [1.54, 1.807) is 6.20 Å². The van der Waals surface area contributed by atoms with Crippen molar-refractivity contribution in [1.82, 2.24) is 15.0 Å². The van der Waals surface area contributed by atoms with Gasteiger partial charge in [-0.1, -0.05) is 36.5 Å². The smallest absolute Gasteiger partial charge is 0.130 e. The van der Waals surface area contributed by atoms with Crippen LogP contribution < -0.4 is 0 Å². The van der Waals surface area contributed by atoms with E-state index in [2.05, 4.69) is 27.1 Å². The molecule has 0 spiro atoms. The fraction of sp³-hybridized carbons (Fsp3) is 0.0714. The van der Waals surface area contributed by atoms with Crippen molar-refractivity contribution >= 4 is 23.1 Å². The zero-order valence-electron chi connectivity index (χ0n) is 9.84. The minimum Gasteiger partial charge on any atom is -0.343 e. The molecule has 0 saturated heterocycles. The maximum atomic E-state index is 5.16. The summed E-state index contributed by atoms with van der Waals surface area (Å²) in [6.07, 6.45) is 1.80. The zero-order valence-corrected chi connectivity index (χ0v) is 10.7. The number of aromatic amines is 1. The Morgan fingerprint density at radius 2 is 2.00 bits per heavy atom. The lowest BCUT2D eigenvalue weighted by atomic mass is 10.1. The van der Waals surface area contributed by atoms with Crippen molar-refractivity contribution in [3.63, 3.8) is 0 Å². The Hall–Kier alpha value is -2.07. The number of H-pyrrole nitrogens is 1. The molecule has 88 valence electrons. The molecule has 0 unspecified atom stereocenters. The van der Waals surface area contributed by atoms with Crippen LogP contribution in [-0.4, -0.2) is 15.0 Å². The van der Waals surface area contributed by atoms with Crippen molar-refractivity contribution in [3.8, 4) is 11.3 Å². The van der Waals surface area contributed by atoms with Gasteiger partial charge in [-0.05, 0) is 19.1 Å². The number of rotatable bonds is 1. The average molecular weight is 253 g/mol. The molecule has 0 aliphatic rings. The monoisotopic (exact) mass is 253 g/mol. The molecule has 18 heavy (non-hydrogen) atoms. The van der Waals surface area contributed by atoms with E-state index in [4.69, 9.17) is 12.2 Å². The molecular formula is C14H11N3S. The minimum absolute atomic E-state index is 0.592. The number of hydrogen-bond acceptors (Lipinski definition) is 3. The Labute approximate surface area is 110 Å². The van der Waals surface area contributed by atoms with Gasteiger partial charge < -0.3 is 4.98 Å². The number of nitrogens with one attached hydrogen (secondary N) is 1. The second-order valence-corrected chi connectivity index (χ2v) is 4.52. The second kappa shape index (κ2) is 4.31. The van der Waals surface area contributed by atoms with Crippen molar-refractivity contribution in [2.45, 2.75) is 6.92 Å². The molecule has 3 nitrogen and oxygen atoms in total. The number of pyridine rings is 1. The average Bonchev–Trinajstić information content (AvgIpc) is 2.37. The SMILES string of the molecule is Cc1nc(=S)cc(-c2cccc3cccnc23)[nH]1. The molecule has 0 saturated carbocycles. The molecule has 0 atom stereocenters. The first-order valence-corrected chi connectivity index (χ1v) is 6.07. The van der Waals surface area contributed by atoms with Gasteiger partial charge in [0.15, 0.2) is 0 Å². The summed E-state index contributed by atoms with van der Waals surface area (Å²) < 4.78 is 0.592. The van der Waals surface area contributed by atoms with Crippen molar-refractivity contribution in [3.05, 3.63) is 53.1 Å². The Kier molecular flexibility index (Phi) is 2.64. The van der Waals surface area contributed by atoms with Crippen LogP contribution in [0.1, 0.15) is 5.82 Å². The van der Waals surface area contributed by atoms with Crippen LogP contribution in [-0.2, 0) is 0 Å². The summed E-state index contributed by atoms with van der Waals surface area (Å²) >= 11 is 5.16. The van der Waals surface area contributed by atoms with Crippen LogP contribution >= 0.6 is 12.2 Å². The number of aromatic nitrogens is 3. The molecule has 0 aliphatic carbocycles. The normalized spacial score (nSPS) is 10.7. The fourth-order valence-corrected chi connectivity index (χ4v) is 2.30. The first-order valence-electron chi connectivity index (χ1n) is 5.66. The van der Waals surface area contributed by atoms with Crippen LogP contribution in [0.15, 0.2) is 42.6 Å². The number of nitrogens with zero attached hydrogens (tertiary/aromatic N) is 2. The van der Waals surface area contributed by atoms with Crippen LogP contribution in [0.25, 0.3) is 22.2 Å². The summed E-state index contributed by atoms with van der Waals surface area (Å²) in [4.78, 5) is 11.9. The summed E-state index contributed by atoms with van der Waals surface area (Å²) in [5.41, 5.74) is 2.97. The van der Waals surface area contributed by atoms with Gasteiger partial charge in [0.25, 0.3) is 0 Å². The van der Waals surface area contributed by atoms with Crippen molar-refractivity contribution in [1.29, 1.82) is 0 Å². The summed E-state index contributed by atoms with van der Waals surface area (Å²) in [7, 11) is 0. The van der Waals surface area contributed by atoms with Crippen LogP contribution in [0.3, 0.4) is 0 Å². The number of fused-ring (bicyclic) bond motifs is 1. The molecular weight excluding hydrogens is 242 g/mol. The lowest BCUT2D eigenvalue weighted by Crippen LogP contribution is -1.93. The Bertz CT molecular complexity index is 772. The molecule has 3 rings (SSSR count). The topological polar surface area (TPSA) is 41.6 Å². The minimum atomic E-state index is 0.592. The lowest BCUT2D eigenvalue weighted by molar-refractivity contribution is 1.05. The zero-order chi connectivity index (χ0) is 12.5. The molecule has 0 bridgehead atoms. The highest BCUT2D eigenvalue weighted by Crippen LogP contribution is 2.25. The molecule has 1 N–H and O–H groups in total. The van der Waals surface area contributed by atoms with Gasteiger partial charge >= 0.3 is 0 Å². The quantitative estimate of drug-likeness (QED) is 0.673. The van der Waals surface area contributed by atoms with E-state index < -0.39 is 0 Å². The van der Waals surface area contributed by atoms with Gasteiger partial charge in [-0.15, -0.1) is 0 Å². The maximum absolute atomic E-state index is 5.16. The third kappa shape index (κ3) is 1.91. The molecule has 3 aromatic rings. The number of hydrogen-bond donors (Lipinski definition) is 1. The number of aryl methyl sites for hydroxylation is 1. The van der Waals surface area contributed by atoms with Gasteiger partial charge in [0.1, 0.15) is 10.5 Å². The predicted molar refractivity (Wildman–Crippen MR) is 74.9 cm³/mol. The van der Waals surface area contributed by atoms with E-state index in [0.717, 1.165) is 28.0 Å². The summed E-state index contributed by atoms with van der Waals surface area (Å²) in [6, 6.07) is 12.0. The fourth-order valence-electron chi connectivity index (χ4n) is 2.05. The van der Waals surface area contributed by atoms with E-state index in [-0.39, 0.29) is 0 Å². The Morgan fingerprint density at radius 1 is 1.17 bits per heavy atom. The van der Waals surface area contributed by atoms with Crippen LogP contribution in [0, 0.1) is 11.6 Å². The second-order valence-electron chi connectivity index (χ2n) is 4.10. The van der Waals surface area contributed by atoms with Crippen LogP contribution in [0.5, 0.6) is 0 Å². The highest BCUT2D eigenvalue weighted by Gasteiger charge is 2.05. The molecule has 0 fully saturated rings. The van der Waals surface area contributed by atoms with Gasteiger partial charge in [-0.3, -0.25) is 4.98 Å². The van der Waals surface area contributed by atoms with Crippen LogP contribution in [0.4, 0.5) is 0 Å². The molecule has 0 radical (unpaired) electrons. The summed E-state index contributed by atoms with van der Waals surface area (Å²) in [6.45, 7) is 1.90. The van der Waals surface area contributed by atoms with Crippen molar-refractivity contribution in [2.24, 2.45) is 0 Å². The molecule has 0 aliphatic heterocycles. The number of benzene rings is 1. The number of para-hydroxylation sites is 1. The van der Waals surface area contributed by atoms with Gasteiger partial charge in [0, 0.05) is 17.1 Å². The van der Waals surface area contributed by atoms with Gasteiger partial charge in [0.2, 0.25) is 0 Å². The van der Waals surface area contributed by atoms with Gasteiger partial charge in [-0.2, -0.15) is 0 Å². The first-order chi connectivity index (χ1) is 8.74. The highest BCUT2D eigenvalue weighted by molar-refractivity contribution is 7.71. The van der Waals surface area contributed by atoms with E-state index in [1.807, 2.05) is 31.2 Å². The standard InChI is InChI=1S/C14H11N3S/c1-9-16-12(8-13(18)17-9)11-6-2-4-10-5-3-7-15-14(10)11/h2-8H,1H3,(H,16,17,18). The molecule has 2 heterocycles. The van der Waals surface area contributed by atoms with E-state index in [1.165, 1.54) is 0 Å². The lowest BCUT2D eigenvalue weighted by Gasteiger charge is -2.06. The van der Waals surface area contributed by atoms with E-state index >= 15 is 0 Å². The highest BCUT2D eigenvalue weighted by atomic mass is 32.1. The molecule has 1 aromatic carbocycles. The van der Waals surface area contributed by atoms with Gasteiger partial charge in [0.05, 0.1) is 11.2 Å². The molecule has 0 amide bonds. The largest absolute Gasteiger partial charge is 0.343 e.